The van der Waals surface area contributed by atoms with E-state index < -0.39 is 0 Å². The molecule has 1 nitrogen and oxygen atoms in total. The second-order valence-corrected chi connectivity index (χ2v) is 2.32. The molecule has 11 heavy (non-hydrogen) atoms. The van der Waals surface area contributed by atoms with Gasteiger partial charge in [-0.25, -0.2) is 0 Å². The zero-order valence-electron chi connectivity index (χ0n) is 7.22. The number of nitrogens with one attached hydrogen (secondary N) is 1. The second-order valence-electron chi connectivity index (χ2n) is 2.32. The van der Waals surface area contributed by atoms with Crippen LogP contribution in [0.5, 0.6) is 0 Å². The molecule has 0 aromatic carbocycles. The second kappa shape index (κ2) is 5.54. The van der Waals surface area contributed by atoms with Crippen LogP contribution in [0.1, 0.15) is 13.8 Å². The average molecular weight is 149 g/mol. The van der Waals surface area contributed by atoms with Crippen LogP contribution in [0, 0.1) is 0 Å². The molecule has 0 rings (SSSR count). The van der Waals surface area contributed by atoms with Gasteiger partial charge in [-0.1, -0.05) is 31.4 Å². The maximum atomic E-state index is 3.77. The molecule has 0 fully saturated rings. The summed E-state index contributed by atoms with van der Waals surface area (Å²) in [5, 5.41) is 2.99. The fourth-order valence-corrected chi connectivity index (χ4v) is 0.599. The number of allylic oxidation sites excluding steroid dienone is 5. The zero-order valence-corrected chi connectivity index (χ0v) is 7.22. The number of hydrogen-bond acceptors (Lipinski definition) is 1. The SMILES string of the molecule is C=C(C)NC(=C)/C=C\C=C/C. The maximum Gasteiger partial charge on any atom is 0.0308 e. The monoisotopic (exact) mass is 149 g/mol. The van der Waals surface area contributed by atoms with E-state index in [9.17, 15) is 0 Å². The lowest BCUT2D eigenvalue weighted by Gasteiger charge is -2.01. The zero-order chi connectivity index (χ0) is 8.69. The van der Waals surface area contributed by atoms with Gasteiger partial charge in [0, 0.05) is 11.4 Å². The van der Waals surface area contributed by atoms with Gasteiger partial charge in [0.15, 0.2) is 0 Å². The molecule has 60 valence electrons. The van der Waals surface area contributed by atoms with Gasteiger partial charge in [0.05, 0.1) is 0 Å². The van der Waals surface area contributed by atoms with Gasteiger partial charge in [-0.2, -0.15) is 0 Å². The third-order valence-electron chi connectivity index (χ3n) is 0.975. The van der Waals surface area contributed by atoms with Crippen molar-refractivity contribution in [1.29, 1.82) is 0 Å². The third-order valence-corrected chi connectivity index (χ3v) is 0.975. The molecule has 0 aromatic rings. The summed E-state index contributed by atoms with van der Waals surface area (Å²) in [5.41, 5.74) is 1.76. The van der Waals surface area contributed by atoms with Gasteiger partial charge in [0.2, 0.25) is 0 Å². The van der Waals surface area contributed by atoms with Crippen LogP contribution < -0.4 is 5.32 Å². The minimum Gasteiger partial charge on any atom is -0.360 e. The smallest absolute Gasteiger partial charge is 0.0308 e. The van der Waals surface area contributed by atoms with E-state index in [1.807, 2.05) is 38.2 Å². The van der Waals surface area contributed by atoms with E-state index >= 15 is 0 Å². The van der Waals surface area contributed by atoms with Crippen molar-refractivity contribution in [3.63, 3.8) is 0 Å². The van der Waals surface area contributed by atoms with E-state index in [4.69, 9.17) is 0 Å². The molecular formula is C10H15N. The first-order valence-corrected chi connectivity index (χ1v) is 3.57. The average Bonchev–Trinajstić information content (AvgIpc) is 1.86. The van der Waals surface area contributed by atoms with Crippen LogP contribution in [0.15, 0.2) is 48.9 Å². The fourth-order valence-electron chi connectivity index (χ4n) is 0.599. The first kappa shape index (κ1) is 9.76. The molecule has 0 saturated heterocycles. The van der Waals surface area contributed by atoms with Gasteiger partial charge < -0.3 is 5.32 Å². The Labute approximate surface area is 68.8 Å². The van der Waals surface area contributed by atoms with Crippen molar-refractivity contribution >= 4 is 0 Å². The van der Waals surface area contributed by atoms with E-state index in [2.05, 4.69) is 18.5 Å². The minimum absolute atomic E-state index is 0.857. The summed E-state index contributed by atoms with van der Waals surface area (Å²) in [6.45, 7) is 11.3. The van der Waals surface area contributed by atoms with Crippen molar-refractivity contribution < 1.29 is 0 Å². The molecule has 0 radical (unpaired) electrons. The summed E-state index contributed by atoms with van der Waals surface area (Å²) < 4.78 is 0. The Morgan fingerprint density at radius 3 is 2.36 bits per heavy atom. The molecule has 0 spiro atoms. The fraction of sp³-hybridized carbons (Fsp3) is 0.200. The van der Waals surface area contributed by atoms with Crippen molar-refractivity contribution in [2.24, 2.45) is 0 Å². The summed E-state index contributed by atoms with van der Waals surface area (Å²) in [7, 11) is 0. The lowest BCUT2D eigenvalue weighted by atomic mass is 10.3. The van der Waals surface area contributed by atoms with Crippen LogP contribution in [-0.4, -0.2) is 0 Å². The van der Waals surface area contributed by atoms with E-state index in [0.29, 0.717) is 0 Å². The van der Waals surface area contributed by atoms with Crippen molar-refractivity contribution in [2.75, 3.05) is 0 Å². The molecule has 0 aliphatic heterocycles. The summed E-state index contributed by atoms with van der Waals surface area (Å²) in [4.78, 5) is 0. The van der Waals surface area contributed by atoms with Gasteiger partial charge in [0.1, 0.15) is 0 Å². The van der Waals surface area contributed by atoms with E-state index in [0.717, 1.165) is 11.4 Å². The molecule has 0 heterocycles. The standard InChI is InChI=1S/C10H15N/c1-5-6-7-8-10(4)11-9(2)3/h5-8,11H,2,4H2,1,3H3/b6-5-,8-7-. The first-order chi connectivity index (χ1) is 5.16. The highest BCUT2D eigenvalue weighted by molar-refractivity contribution is 5.20. The van der Waals surface area contributed by atoms with E-state index in [1.54, 1.807) is 0 Å². The van der Waals surface area contributed by atoms with Crippen LogP contribution in [0.4, 0.5) is 0 Å². The van der Waals surface area contributed by atoms with Crippen molar-refractivity contribution in [3.05, 3.63) is 48.9 Å². The Bertz CT molecular complexity index is 197. The molecule has 0 aliphatic carbocycles. The molecule has 0 aliphatic rings. The Balaban J connectivity index is 3.78. The van der Waals surface area contributed by atoms with Crippen molar-refractivity contribution in [2.45, 2.75) is 13.8 Å². The predicted molar refractivity (Wildman–Crippen MR) is 51.0 cm³/mol. The highest BCUT2D eigenvalue weighted by Crippen LogP contribution is 1.91. The number of hydrogen-bond donors (Lipinski definition) is 1. The summed E-state index contributed by atoms with van der Waals surface area (Å²) in [6, 6.07) is 0. The number of rotatable bonds is 4. The van der Waals surface area contributed by atoms with E-state index in [-0.39, 0.29) is 0 Å². The van der Waals surface area contributed by atoms with Gasteiger partial charge in [0.25, 0.3) is 0 Å². The first-order valence-electron chi connectivity index (χ1n) is 3.57. The summed E-state index contributed by atoms with van der Waals surface area (Å²) in [5.74, 6) is 0. The van der Waals surface area contributed by atoms with Crippen molar-refractivity contribution in [3.8, 4) is 0 Å². The molecule has 1 N–H and O–H groups in total. The molecular weight excluding hydrogens is 134 g/mol. The van der Waals surface area contributed by atoms with Crippen LogP contribution in [-0.2, 0) is 0 Å². The highest BCUT2D eigenvalue weighted by Gasteiger charge is 1.83. The van der Waals surface area contributed by atoms with Crippen LogP contribution >= 0.6 is 0 Å². The summed E-state index contributed by atoms with van der Waals surface area (Å²) >= 11 is 0. The molecule has 0 atom stereocenters. The Morgan fingerprint density at radius 1 is 1.27 bits per heavy atom. The Hall–Kier alpha value is -1.24. The van der Waals surface area contributed by atoms with E-state index in [1.165, 1.54) is 0 Å². The maximum absolute atomic E-state index is 3.77. The topological polar surface area (TPSA) is 12.0 Å². The largest absolute Gasteiger partial charge is 0.360 e. The third kappa shape index (κ3) is 6.65. The lowest BCUT2D eigenvalue weighted by molar-refractivity contribution is 1.02. The molecule has 0 amide bonds. The summed E-state index contributed by atoms with van der Waals surface area (Å²) in [6.07, 6.45) is 7.74. The molecule has 0 aromatic heterocycles. The van der Waals surface area contributed by atoms with Crippen molar-refractivity contribution in [1.82, 2.24) is 5.32 Å². The van der Waals surface area contributed by atoms with Crippen LogP contribution in [0.3, 0.4) is 0 Å². The highest BCUT2D eigenvalue weighted by atomic mass is 14.9. The Kier molecular flexibility index (Phi) is 4.91. The van der Waals surface area contributed by atoms with Gasteiger partial charge in [-0.15, -0.1) is 0 Å². The molecule has 0 bridgehead atoms. The van der Waals surface area contributed by atoms with Crippen LogP contribution in [0.25, 0.3) is 0 Å². The van der Waals surface area contributed by atoms with Gasteiger partial charge >= 0.3 is 0 Å². The normalized spacial score (nSPS) is 10.7. The molecule has 0 unspecified atom stereocenters. The quantitative estimate of drug-likeness (QED) is 0.606. The Morgan fingerprint density at radius 2 is 1.91 bits per heavy atom. The van der Waals surface area contributed by atoms with Crippen LogP contribution in [0.2, 0.25) is 0 Å². The van der Waals surface area contributed by atoms with Gasteiger partial charge in [-0.05, 0) is 19.9 Å². The molecule has 1 heteroatoms. The predicted octanol–water partition coefficient (Wildman–Crippen LogP) is 2.76. The van der Waals surface area contributed by atoms with Gasteiger partial charge in [-0.3, -0.25) is 0 Å². The lowest BCUT2D eigenvalue weighted by Crippen LogP contribution is -2.05. The molecule has 0 saturated carbocycles. The minimum atomic E-state index is 0.857.